The Bertz CT molecular complexity index is 1180. The summed E-state index contributed by atoms with van der Waals surface area (Å²) in [5, 5.41) is 9.87. The quantitative estimate of drug-likeness (QED) is 0.544. The van der Waals surface area contributed by atoms with E-state index in [0.29, 0.717) is 15.2 Å². The minimum absolute atomic E-state index is 0.0157. The Morgan fingerprint density at radius 1 is 1.17 bits per heavy atom. The first kappa shape index (κ1) is 20.1. The number of rotatable bonds is 6. The highest BCUT2D eigenvalue weighted by atomic mass is 79.9. The predicted octanol–water partition coefficient (Wildman–Crippen LogP) is 3.43. The Balaban J connectivity index is 1.65. The zero-order chi connectivity index (χ0) is 20.9. The van der Waals surface area contributed by atoms with Gasteiger partial charge in [-0.3, -0.25) is 4.79 Å². The Morgan fingerprint density at radius 3 is 2.45 bits per heavy atom. The lowest BCUT2D eigenvalue weighted by Gasteiger charge is -2.20. The van der Waals surface area contributed by atoms with Crippen LogP contribution in [0.1, 0.15) is 18.9 Å². The molecule has 0 radical (unpaired) electrons. The van der Waals surface area contributed by atoms with Crippen LogP contribution in [0.4, 0.5) is 0 Å². The predicted molar refractivity (Wildman–Crippen MR) is 112 cm³/mol. The maximum absolute atomic E-state index is 13.0. The molecule has 0 spiro atoms. The fourth-order valence-corrected chi connectivity index (χ4v) is 6.36. The van der Waals surface area contributed by atoms with Crippen LogP contribution < -0.4 is 4.72 Å². The van der Waals surface area contributed by atoms with E-state index >= 15 is 0 Å². The molecule has 2 atom stereocenters. The lowest BCUT2D eigenvalue weighted by Crippen LogP contribution is -2.47. The number of carboxylic acids is 1. The van der Waals surface area contributed by atoms with E-state index in [9.17, 15) is 18.3 Å². The van der Waals surface area contributed by atoms with E-state index in [1.807, 2.05) is 30.3 Å². The first-order valence-electron chi connectivity index (χ1n) is 8.59. The molecule has 1 aliphatic rings. The van der Waals surface area contributed by atoms with Crippen molar-refractivity contribution in [3.63, 3.8) is 0 Å². The molecule has 2 aromatic heterocycles. The molecule has 29 heavy (non-hydrogen) atoms. The van der Waals surface area contributed by atoms with Crippen molar-refractivity contribution in [2.24, 2.45) is 0 Å². The van der Waals surface area contributed by atoms with Gasteiger partial charge in [0.2, 0.25) is 0 Å². The van der Waals surface area contributed by atoms with Crippen LogP contribution in [0.15, 0.2) is 63.5 Å². The third kappa shape index (κ3) is 3.39. The van der Waals surface area contributed by atoms with Gasteiger partial charge in [-0.1, -0.05) is 37.3 Å². The van der Waals surface area contributed by atoms with Gasteiger partial charge in [0.05, 0.1) is 9.35 Å². The lowest BCUT2D eigenvalue weighted by molar-refractivity contribution is -0.140. The van der Waals surface area contributed by atoms with E-state index in [4.69, 9.17) is 0 Å². The second kappa shape index (κ2) is 6.98. The molecule has 0 unspecified atom stereocenters. The van der Waals surface area contributed by atoms with E-state index in [0.717, 1.165) is 16.9 Å². The molecule has 10 heteroatoms. The first-order chi connectivity index (χ1) is 13.7. The van der Waals surface area contributed by atoms with Crippen LogP contribution in [0, 0.1) is 0 Å². The summed E-state index contributed by atoms with van der Waals surface area (Å²) in [6.45, 7) is 1.76. The number of thiophene rings is 1. The number of carboxylic acid groups (broad SMARTS) is 1. The zero-order valence-corrected chi connectivity index (χ0v) is 18.4. The number of sulfonamides is 1. The molecule has 7 nitrogen and oxygen atoms in total. The van der Waals surface area contributed by atoms with Crippen molar-refractivity contribution in [3.05, 3.63) is 64.9 Å². The highest BCUT2D eigenvalue weighted by Crippen LogP contribution is 2.58. The van der Waals surface area contributed by atoms with E-state index in [1.165, 1.54) is 6.07 Å². The van der Waals surface area contributed by atoms with Crippen molar-refractivity contribution >= 4 is 43.3 Å². The summed E-state index contributed by atoms with van der Waals surface area (Å²) in [6, 6.07) is 12.1. The fourth-order valence-electron chi connectivity index (χ4n) is 3.45. The van der Waals surface area contributed by atoms with Crippen molar-refractivity contribution in [2.45, 2.75) is 28.5 Å². The summed E-state index contributed by atoms with van der Waals surface area (Å²) in [7, 11) is -4.05. The molecule has 2 N–H and O–H groups in total. The maximum Gasteiger partial charge on any atom is 0.325 e. The van der Waals surface area contributed by atoms with Crippen LogP contribution in [0.3, 0.4) is 0 Å². The van der Waals surface area contributed by atoms with Crippen LogP contribution in [-0.4, -0.2) is 35.0 Å². The standard InChI is InChI=1S/C19H16BrN3O4S2/c1-18(12-5-3-2-4-6-12)11-19(18,17(24)25)23-29(26,27)15-8-7-14(28-15)16-21-9-13(20)10-22-16/h2-10,23H,11H2,1H3,(H,24,25)/t18-,19-/m1/s1. The number of nitrogens with one attached hydrogen (secondary N) is 1. The topological polar surface area (TPSA) is 109 Å². The highest BCUT2D eigenvalue weighted by molar-refractivity contribution is 9.10. The third-order valence-corrected chi connectivity index (χ3v) is 8.68. The molecule has 1 aromatic carbocycles. The summed E-state index contributed by atoms with van der Waals surface area (Å²) < 4.78 is 29.2. The number of aromatic nitrogens is 2. The van der Waals surface area contributed by atoms with Crippen LogP contribution in [0.5, 0.6) is 0 Å². The Hall–Kier alpha value is -2.14. The van der Waals surface area contributed by atoms with Gasteiger partial charge in [-0.25, -0.2) is 18.4 Å². The van der Waals surface area contributed by atoms with Gasteiger partial charge < -0.3 is 5.11 Å². The van der Waals surface area contributed by atoms with Crippen LogP contribution >= 0.6 is 27.3 Å². The maximum atomic E-state index is 13.0. The summed E-state index contributed by atoms with van der Waals surface area (Å²) >= 11 is 4.25. The molecule has 1 fully saturated rings. The number of nitrogens with zero attached hydrogens (tertiary/aromatic N) is 2. The number of halogens is 1. The van der Waals surface area contributed by atoms with E-state index in [1.54, 1.807) is 25.4 Å². The molecular weight excluding hydrogens is 478 g/mol. The molecule has 1 saturated carbocycles. The van der Waals surface area contributed by atoms with Gasteiger partial charge in [0, 0.05) is 17.8 Å². The molecule has 150 valence electrons. The van der Waals surface area contributed by atoms with Gasteiger partial charge in [0.1, 0.15) is 9.75 Å². The van der Waals surface area contributed by atoms with Crippen molar-refractivity contribution in [1.29, 1.82) is 0 Å². The second-order valence-electron chi connectivity index (χ2n) is 7.03. The van der Waals surface area contributed by atoms with E-state index in [2.05, 4.69) is 30.6 Å². The lowest BCUT2D eigenvalue weighted by atomic mass is 9.93. The molecule has 1 aliphatic carbocycles. The van der Waals surface area contributed by atoms with Crippen LogP contribution in [0.25, 0.3) is 10.7 Å². The first-order valence-corrected chi connectivity index (χ1v) is 11.7. The summed E-state index contributed by atoms with van der Waals surface area (Å²) in [6.07, 6.45) is 3.32. The van der Waals surface area contributed by atoms with E-state index < -0.39 is 26.9 Å². The Kier molecular flexibility index (Phi) is 4.85. The number of carbonyl (C=O) groups is 1. The van der Waals surface area contributed by atoms with Crippen LogP contribution in [0.2, 0.25) is 0 Å². The van der Waals surface area contributed by atoms with Crippen molar-refractivity contribution in [1.82, 2.24) is 14.7 Å². The van der Waals surface area contributed by atoms with Gasteiger partial charge >= 0.3 is 5.97 Å². The number of benzene rings is 1. The Labute approximate surface area is 180 Å². The number of hydrogen-bond donors (Lipinski definition) is 2. The van der Waals surface area contributed by atoms with Gasteiger partial charge in [-0.15, -0.1) is 11.3 Å². The van der Waals surface area contributed by atoms with Gasteiger partial charge in [-0.2, -0.15) is 4.72 Å². The molecule has 0 saturated heterocycles. The normalized spacial score (nSPS) is 23.7. The summed E-state index contributed by atoms with van der Waals surface area (Å²) in [5.41, 5.74) is -1.65. The molecule has 0 bridgehead atoms. The largest absolute Gasteiger partial charge is 0.480 e. The Morgan fingerprint density at radius 2 is 1.83 bits per heavy atom. The van der Waals surface area contributed by atoms with Crippen molar-refractivity contribution in [3.8, 4) is 10.7 Å². The van der Waals surface area contributed by atoms with Gasteiger partial charge in [0.25, 0.3) is 10.0 Å². The van der Waals surface area contributed by atoms with Crippen LogP contribution in [-0.2, 0) is 20.2 Å². The monoisotopic (exact) mass is 493 g/mol. The molecule has 4 rings (SSSR count). The minimum atomic E-state index is -4.05. The van der Waals surface area contributed by atoms with E-state index in [-0.39, 0.29) is 10.6 Å². The summed E-state index contributed by atoms with van der Waals surface area (Å²) in [4.78, 5) is 21.0. The average molecular weight is 494 g/mol. The highest BCUT2D eigenvalue weighted by Gasteiger charge is 2.72. The fraction of sp³-hybridized carbons (Fsp3) is 0.211. The third-order valence-electron chi connectivity index (χ3n) is 5.21. The average Bonchev–Trinajstić information content (AvgIpc) is 3.05. The molecule has 2 heterocycles. The molecule has 3 aromatic rings. The number of hydrogen-bond acceptors (Lipinski definition) is 6. The second-order valence-corrected chi connectivity index (χ2v) is 10.9. The zero-order valence-electron chi connectivity index (χ0n) is 15.2. The molecular formula is C19H16BrN3O4S2. The van der Waals surface area contributed by atoms with Crippen molar-refractivity contribution in [2.75, 3.05) is 0 Å². The molecule has 0 aliphatic heterocycles. The minimum Gasteiger partial charge on any atom is -0.480 e. The van der Waals surface area contributed by atoms with Gasteiger partial charge in [0.15, 0.2) is 5.82 Å². The number of aliphatic carboxylic acids is 1. The smallest absolute Gasteiger partial charge is 0.325 e. The van der Waals surface area contributed by atoms with Gasteiger partial charge in [-0.05, 0) is 40.0 Å². The summed E-state index contributed by atoms with van der Waals surface area (Å²) in [5.74, 6) is -0.798. The van der Waals surface area contributed by atoms with Crippen molar-refractivity contribution < 1.29 is 18.3 Å². The molecule has 0 amide bonds. The SMILES string of the molecule is C[C@]1(c2ccccc2)C[C@@]1(NS(=O)(=O)c1ccc(-c2ncc(Br)cn2)s1)C(=O)O.